The van der Waals surface area contributed by atoms with E-state index in [2.05, 4.69) is 10.3 Å². The van der Waals surface area contributed by atoms with Crippen LogP contribution in [0.5, 0.6) is 0 Å². The summed E-state index contributed by atoms with van der Waals surface area (Å²) in [4.78, 5) is 47.6. The number of aromatic amines is 1. The maximum atomic E-state index is 13.9. The molecule has 0 aliphatic carbocycles. The van der Waals surface area contributed by atoms with Crippen molar-refractivity contribution >= 4 is 40.2 Å². The molecule has 0 unspecified atom stereocenters. The quantitative estimate of drug-likeness (QED) is 0.499. The minimum Gasteiger partial charge on any atom is -0.385 e. The van der Waals surface area contributed by atoms with Crippen molar-refractivity contribution in [2.45, 2.75) is 52.0 Å². The molecule has 1 aromatic carbocycles. The summed E-state index contributed by atoms with van der Waals surface area (Å²) < 4.78 is 5.04. The van der Waals surface area contributed by atoms with Crippen LogP contribution >= 0.6 is 11.6 Å². The van der Waals surface area contributed by atoms with Crippen molar-refractivity contribution in [1.29, 1.82) is 0 Å². The fraction of sp³-hybridized carbons (Fsp3) is 0.593. The predicted octanol–water partition coefficient (Wildman–Crippen LogP) is 3.47. The van der Waals surface area contributed by atoms with Crippen LogP contribution in [0.1, 0.15) is 51.3 Å². The SMILES string of the molecule is CCN(CC)C(=O)[C@H]1C[C@H](CC(=O)NCCCOC)C(=O)N2CCc3c([nH]c4ccc(Cl)cc34)[C@]12C. The summed E-state index contributed by atoms with van der Waals surface area (Å²) >= 11 is 6.31. The molecule has 0 spiro atoms. The third kappa shape index (κ3) is 4.61. The highest BCUT2D eigenvalue weighted by Gasteiger charge is 2.57. The van der Waals surface area contributed by atoms with E-state index in [1.54, 1.807) is 7.11 Å². The zero-order valence-corrected chi connectivity index (χ0v) is 22.4. The molecule has 36 heavy (non-hydrogen) atoms. The minimum atomic E-state index is -0.832. The highest BCUT2D eigenvalue weighted by molar-refractivity contribution is 6.31. The maximum Gasteiger partial charge on any atom is 0.228 e. The van der Waals surface area contributed by atoms with Gasteiger partial charge >= 0.3 is 0 Å². The number of carbonyl (C=O) groups excluding carboxylic acids is 3. The Labute approximate surface area is 217 Å². The smallest absolute Gasteiger partial charge is 0.228 e. The van der Waals surface area contributed by atoms with Crippen LogP contribution < -0.4 is 5.32 Å². The molecular formula is C27H37ClN4O4. The highest BCUT2D eigenvalue weighted by Crippen LogP contribution is 2.50. The fourth-order valence-corrected chi connectivity index (χ4v) is 6.22. The second-order valence-electron chi connectivity index (χ2n) is 9.95. The van der Waals surface area contributed by atoms with E-state index in [0.717, 1.165) is 22.2 Å². The summed E-state index contributed by atoms with van der Waals surface area (Å²) in [7, 11) is 1.62. The number of hydrogen-bond donors (Lipinski definition) is 2. The summed E-state index contributed by atoms with van der Waals surface area (Å²) in [5.74, 6) is -1.21. The van der Waals surface area contributed by atoms with Crippen LogP contribution in [0, 0.1) is 11.8 Å². The van der Waals surface area contributed by atoms with Gasteiger partial charge in [-0.3, -0.25) is 14.4 Å². The number of amides is 3. The van der Waals surface area contributed by atoms with E-state index in [4.69, 9.17) is 16.3 Å². The van der Waals surface area contributed by atoms with Crippen molar-refractivity contribution in [3.05, 3.63) is 34.5 Å². The van der Waals surface area contributed by atoms with Crippen LogP contribution in [-0.2, 0) is 31.1 Å². The van der Waals surface area contributed by atoms with E-state index < -0.39 is 17.4 Å². The molecule has 1 fully saturated rings. The van der Waals surface area contributed by atoms with E-state index in [1.807, 2.05) is 48.8 Å². The van der Waals surface area contributed by atoms with Crippen molar-refractivity contribution in [3.63, 3.8) is 0 Å². The number of hydrogen-bond acceptors (Lipinski definition) is 4. The van der Waals surface area contributed by atoms with Gasteiger partial charge in [-0.1, -0.05) is 11.6 Å². The summed E-state index contributed by atoms with van der Waals surface area (Å²) in [6, 6.07) is 5.75. The number of halogens is 1. The molecule has 9 heteroatoms. The Bertz CT molecular complexity index is 1140. The first-order chi connectivity index (χ1) is 17.3. The maximum absolute atomic E-state index is 13.9. The summed E-state index contributed by atoms with van der Waals surface area (Å²) in [5.41, 5.74) is 2.14. The van der Waals surface area contributed by atoms with Gasteiger partial charge in [0.05, 0.1) is 11.5 Å². The highest BCUT2D eigenvalue weighted by atomic mass is 35.5. The van der Waals surface area contributed by atoms with E-state index in [9.17, 15) is 14.4 Å². The molecule has 3 amide bonds. The number of carbonyl (C=O) groups is 3. The number of benzene rings is 1. The lowest BCUT2D eigenvalue weighted by molar-refractivity contribution is -0.164. The van der Waals surface area contributed by atoms with Crippen molar-refractivity contribution < 1.29 is 19.1 Å². The summed E-state index contributed by atoms with van der Waals surface area (Å²) in [6.07, 6.45) is 1.79. The minimum absolute atomic E-state index is 0.0232. The van der Waals surface area contributed by atoms with E-state index in [1.165, 1.54) is 0 Å². The van der Waals surface area contributed by atoms with Crippen LogP contribution in [0.2, 0.25) is 5.02 Å². The Morgan fingerprint density at radius 3 is 2.75 bits per heavy atom. The number of nitrogens with zero attached hydrogens (tertiary/aromatic N) is 2. The fourth-order valence-electron chi connectivity index (χ4n) is 6.05. The van der Waals surface area contributed by atoms with Crippen molar-refractivity contribution in [2.75, 3.05) is 39.9 Å². The van der Waals surface area contributed by atoms with Crippen LogP contribution in [-0.4, -0.2) is 72.4 Å². The number of methoxy groups -OCH3 is 1. The summed E-state index contributed by atoms with van der Waals surface area (Å²) in [5, 5.41) is 4.59. The number of aromatic nitrogens is 1. The number of fused-ring (bicyclic) bond motifs is 5. The molecule has 0 bridgehead atoms. The number of ether oxygens (including phenoxy) is 1. The first-order valence-electron chi connectivity index (χ1n) is 12.9. The van der Waals surface area contributed by atoms with Crippen molar-refractivity contribution in [3.8, 4) is 0 Å². The third-order valence-corrected chi connectivity index (χ3v) is 8.22. The Morgan fingerprint density at radius 2 is 2.06 bits per heavy atom. The number of H-pyrrole nitrogens is 1. The number of nitrogens with one attached hydrogen (secondary N) is 2. The largest absolute Gasteiger partial charge is 0.385 e. The average molecular weight is 517 g/mol. The van der Waals surface area contributed by atoms with E-state index in [0.29, 0.717) is 57.1 Å². The van der Waals surface area contributed by atoms with Crippen molar-refractivity contribution in [1.82, 2.24) is 20.1 Å². The lowest BCUT2D eigenvalue weighted by atomic mass is 9.67. The second kappa shape index (κ2) is 10.8. The van der Waals surface area contributed by atoms with Crippen LogP contribution in [0.15, 0.2) is 18.2 Å². The van der Waals surface area contributed by atoms with Crippen LogP contribution in [0.25, 0.3) is 10.9 Å². The molecule has 1 saturated heterocycles. The molecular weight excluding hydrogens is 480 g/mol. The van der Waals surface area contributed by atoms with E-state index in [-0.39, 0.29) is 24.1 Å². The molecule has 196 valence electrons. The first-order valence-corrected chi connectivity index (χ1v) is 13.3. The van der Waals surface area contributed by atoms with Gasteiger partial charge in [-0.05, 0) is 63.8 Å². The van der Waals surface area contributed by atoms with Gasteiger partial charge in [0, 0.05) is 73.9 Å². The Hall–Kier alpha value is -2.58. The van der Waals surface area contributed by atoms with Gasteiger partial charge in [-0.25, -0.2) is 0 Å². The molecule has 1 aromatic heterocycles. The van der Waals surface area contributed by atoms with Gasteiger partial charge in [-0.2, -0.15) is 0 Å². The van der Waals surface area contributed by atoms with Crippen LogP contribution in [0.3, 0.4) is 0 Å². The lowest BCUT2D eigenvalue weighted by Gasteiger charge is -2.54. The van der Waals surface area contributed by atoms with Gasteiger partial charge in [0.25, 0.3) is 0 Å². The molecule has 2 aromatic rings. The first kappa shape index (κ1) is 26.5. The Balaban J connectivity index is 1.71. The topological polar surface area (TPSA) is 94.7 Å². The monoisotopic (exact) mass is 516 g/mol. The van der Waals surface area contributed by atoms with Gasteiger partial charge in [0.1, 0.15) is 0 Å². The molecule has 2 aliphatic heterocycles. The van der Waals surface area contributed by atoms with E-state index >= 15 is 0 Å². The second-order valence-corrected chi connectivity index (χ2v) is 10.4. The van der Waals surface area contributed by atoms with Crippen molar-refractivity contribution in [2.24, 2.45) is 11.8 Å². The number of piperidine rings is 1. The normalized spacial score (nSPS) is 23.4. The lowest BCUT2D eigenvalue weighted by Crippen LogP contribution is -2.64. The summed E-state index contributed by atoms with van der Waals surface area (Å²) in [6.45, 7) is 8.69. The van der Waals surface area contributed by atoms with Crippen LogP contribution in [0.4, 0.5) is 0 Å². The molecule has 8 nitrogen and oxygen atoms in total. The predicted molar refractivity (Wildman–Crippen MR) is 140 cm³/mol. The Kier molecular flexibility index (Phi) is 7.95. The van der Waals surface area contributed by atoms with Gasteiger partial charge in [-0.15, -0.1) is 0 Å². The molecule has 0 saturated carbocycles. The number of rotatable bonds is 9. The Morgan fingerprint density at radius 1 is 1.31 bits per heavy atom. The standard InChI is InChI=1S/C27H37ClN4O4/c1-5-31(6-2)26(35)21-14-17(15-23(33)29-11-7-13-36-4)25(34)32-12-10-19-20-16-18(28)8-9-22(20)30-24(19)27(21,32)3/h8-9,16-17,21,30H,5-7,10-15H2,1-4H3,(H,29,33)/t17-,21-,27+/m1/s1. The average Bonchev–Trinajstić information content (AvgIpc) is 3.23. The molecule has 2 N–H and O–H groups in total. The zero-order chi connectivity index (χ0) is 26.0. The molecule has 0 radical (unpaired) electrons. The van der Waals surface area contributed by atoms with Gasteiger partial charge in [0.15, 0.2) is 0 Å². The zero-order valence-electron chi connectivity index (χ0n) is 21.7. The van der Waals surface area contributed by atoms with Gasteiger partial charge in [0.2, 0.25) is 17.7 Å². The molecule has 3 atom stereocenters. The third-order valence-electron chi connectivity index (χ3n) is 7.99. The molecule has 2 aliphatic rings. The molecule has 3 heterocycles. The van der Waals surface area contributed by atoms with Gasteiger partial charge < -0.3 is 24.8 Å². The molecule has 4 rings (SSSR count).